The first kappa shape index (κ1) is 30.5. The van der Waals surface area contributed by atoms with Crippen LogP contribution < -0.4 is 14.8 Å². The first-order valence-corrected chi connectivity index (χ1v) is 14.1. The molecule has 0 aliphatic rings. The topological polar surface area (TPSA) is 96.1 Å². The Morgan fingerprint density at radius 3 is 2.29 bits per heavy atom. The number of carbonyl (C=O) groups excluding carboxylic acids is 2. The monoisotopic (exact) mass is 572 g/mol. The number of amides is 3. The Morgan fingerprint density at radius 1 is 0.881 bits per heavy atom. The number of anilines is 1. The summed E-state index contributed by atoms with van der Waals surface area (Å²) in [7, 11) is 4.72. The van der Waals surface area contributed by atoms with E-state index in [2.05, 4.69) is 16.4 Å². The van der Waals surface area contributed by atoms with Gasteiger partial charge in [0, 0.05) is 74.3 Å². The van der Waals surface area contributed by atoms with E-state index in [0.29, 0.717) is 56.3 Å². The van der Waals surface area contributed by atoms with Crippen LogP contribution in [0.15, 0.2) is 72.9 Å². The summed E-state index contributed by atoms with van der Waals surface area (Å²) in [5.41, 5.74) is 4.92. The number of aryl methyl sites for hydroxylation is 1. The Kier molecular flexibility index (Phi) is 10.8. The number of benzene rings is 3. The minimum atomic E-state index is -0.387. The van der Waals surface area contributed by atoms with Crippen molar-refractivity contribution in [2.45, 2.75) is 26.3 Å². The Bertz CT molecular complexity index is 1440. The normalized spacial score (nSPS) is 10.9. The molecule has 9 nitrogen and oxygen atoms in total. The molecule has 42 heavy (non-hydrogen) atoms. The van der Waals surface area contributed by atoms with Gasteiger partial charge in [0.25, 0.3) is 0 Å². The molecule has 0 saturated heterocycles. The molecule has 0 bridgehead atoms. The van der Waals surface area contributed by atoms with Crippen LogP contribution in [0.2, 0.25) is 0 Å². The maximum absolute atomic E-state index is 13.9. The van der Waals surface area contributed by atoms with Crippen molar-refractivity contribution in [1.82, 2.24) is 14.8 Å². The average Bonchev–Trinajstić information content (AvgIpc) is 3.42. The Hall–Kier alpha value is -4.50. The van der Waals surface area contributed by atoms with E-state index in [1.165, 1.54) is 4.90 Å². The lowest BCUT2D eigenvalue weighted by Gasteiger charge is -2.28. The third-order valence-electron chi connectivity index (χ3n) is 7.17. The van der Waals surface area contributed by atoms with E-state index in [1.54, 1.807) is 39.5 Å². The zero-order chi connectivity index (χ0) is 29.9. The van der Waals surface area contributed by atoms with E-state index in [4.69, 9.17) is 14.2 Å². The number of methoxy groups -OCH3 is 3. The zero-order valence-electron chi connectivity index (χ0n) is 24.8. The van der Waals surface area contributed by atoms with Gasteiger partial charge in [0.15, 0.2) is 0 Å². The summed E-state index contributed by atoms with van der Waals surface area (Å²) in [6, 6.07) is 21.1. The summed E-state index contributed by atoms with van der Waals surface area (Å²) in [5, 5.41) is 4.05. The number of hydrogen-bond donors (Lipinski definition) is 2. The van der Waals surface area contributed by atoms with Crippen molar-refractivity contribution in [1.29, 1.82) is 0 Å². The average molecular weight is 573 g/mol. The van der Waals surface area contributed by atoms with Crippen LogP contribution in [0.1, 0.15) is 23.1 Å². The van der Waals surface area contributed by atoms with Crippen LogP contribution in [0.5, 0.6) is 11.5 Å². The molecule has 0 unspecified atom stereocenters. The number of carbonyl (C=O) groups is 2. The number of fused-ring (bicyclic) bond motifs is 1. The quantitative estimate of drug-likeness (QED) is 0.191. The number of nitrogens with zero attached hydrogens (tertiary/aromatic N) is 2. The fourth-order valence-corrected chi connectivity index (χ4v) is 4.80. The molecular weight excluding hydrogens is 532 g/mol. The number of aromatic nitrogens is 1. The number of urea groups is 1. The van der Waals surface area contributed by atoms with E-state index in [0.717, 1.165) is 27.6 Å². The van der Waals surface area contributed by atoms with E-state index in [1.807, 2.05) is 60.5 Å². The molecule has 2 N–H and O–H groups in total. The van der Waals surface area contributed by atoms with Gasteiger partial charge in [-0.25, -0.2) is 4.79 Å². The van der Waals surface area contributed by atoms with Crippen LogP contribution in [0.4, 0.5) is 10.5 Å². The van der Waals surface area contributed by atoms with Gasteiger partial charge in [0.2, 0.25) is 5.91 Å². The lowest BCUT2D eigenvalue weighted by Crippen LogP contribution is -2.45. The molecule has 4 rings (SSSR count). The second-order valence-electron chi connectivity index (χ2n) is 10.2. The van der Waals surface area contributed by atoms with Crippen molar-refractivity contribution >= 4 is 28.5 Å². The summed E-state index contributed by atoms with van der Waals surface area (Å²) < 4.78 is 15.9. The van der Waals surface area contributed by atoms with Gasteiger partial charge in [-0.05, 0) is 37.0 Å². The first-order valence-electron chi connectivity index (χ1n) is 14.1. The maximum atomic E-state index is 13.9. The summed E-state index contributed by atoms with van der Waals surface area (Å²) in [5.74, 6) is 0.965. The van der Waals surface area contributed by atoms with Gasteiger partial charge in [-0.15, -0.1) is 0 Å². The molecule has 3 aromatic carbocycles. The lowest BCUT2D eigenvalue weighted by molar-refractivity contribution is -0.132. The maximum Gasteiger partial charge on any atom is 0.322 e. The van der Waals surface area contributed by atoms with Crippen LogP contribution in [-0.4, -0.2) is 74.3 Å². The summed E-state index contributed by atoms with van der Waals surface area (Å²) in [4.78, 5) is 34.0. The van der Waals surface area contributed by atoms with Crippen LogP contribution in [0.3, 0.4) is 0 Å². The summed E-state index contributed by atoms with van der Waals surface area (Å²) >= 11 is 0. The number of H-pyrrole nitrogens is 1. The highest BCUT2D eigenvalue weighted by Gasteiger charge is 2.22. The van der Waals surface area contributed by atoms with Gasteiger partial charge >= 0.3 is 6.03 Å². The van der Waals surface area contributed by atoms with Crippen molar-refractivity contribution in [3.63, 3.8) is 0 Å². The van der Waals surface area contributed by atoms with Gasteiger partial charge in [-0.1, -0.05) is 48.0 Å². The largest absolute Gasteiger partial charge is 0.497 e. The highest BCUT2D eigenvalue weighted by molar-refractivity contribution is 5.93. The number of rotatable bonds is 14. The Balaban J connectivity index is 1.53. The molecule has 0 aliphatic heterocycles. The number of para-hydroxylation sites is 1. The number of nitrogens with one attached hydrogen (secondary N) is 2. The molecule has 0 aliphatic carbocycles. The van der Waals surface area contributed by atoms with Crippen molar-refractivity contribution in [3.8, 4) is 11.5 Å². The highest BCUT2D eigenvalue weighted by Crippen LogP contribution is 2.26. The second-order valence-corrected chi connectivity index (χ2v) is 10.2. The van der Waals surface area contributed by atoms with Gasteiger partial charge < -0.3 is 34.3 Å². The molecule has 3 amide bonds. The van der Waals surface area contributed by atoms with Crippen molar-refractivity contribution in [3.05, 3.63) is 89.6 Å². The van der Waals surface area contributed by atoms with Gasteiger partial charge in [-0.3, -0.25) is 4.79 Å². The van der Waals surface area contributed by atoms with Crippen molar-refractivity contribution < 1.29 is 23.8 Å². The minimum absolute atomic E-state index is 0.0730. The SMILES string of the molecule is COCCCN(CC(=O)N(CCc1c[nH]c2ccccc12)Cc1ccc(C)cc1)C(=O)Nc1cc(OC)cc(OC)c1. The lowest BCUT2D eigenvalue weighted by atomic mass is 10.1. The Labute approximate surface area is 247 Å². The van der Waals surface area contributed by atoms with E-state index < -0.39 is 0 Å². The molecule has 0 saturated carbocycles. The van der Waals surface area contributed by atoms with E-state index in [9.17, 15) is 9.59 Å². The third-order valence-corrected chi connectivity index (χ3v) is 7.17. The number of hydrogen-bond acceptors (Lipinski definition) is 5. The molecule has 0 spiro atoms. The zero-order valence-corrected chi connectivity index (χ0v) is 24.8. The molecule has 0 atom stereocenters. The van der Waals surface area contributed by atoms with Crippen LogP contribution in [-0.2, 0) is 22.5 Å². The number of ether oxygens (including phenoxy) is 3. The molecule has 1 aromatic heterocycles. The molecule has 4 aromatic rings. The molecule has 9 heteroatoms. The van der Waals surface area contributed by atoms with Crippen LogP contribution in [0, 0.1) is 6.92 Å². The molecular formula is C33H40N4O5. The molecule has 0 fully saturated rings. The summed E-state index contributed by atoms with van der Waals surface area (Å²) in [6.07, 6.45) is 3.28. The molecule has 1 heterocycles. The number of aromatic amines is 1. The fourth-order valence-electron chi connectivity index (χ4n) is 4.80. The van der Waals surface area contributed by atoms with Gasteiger partial charge in [0.1, 0.15) is 18.0 Å². The van der Waals surface area contributed by atoms with Crippen molar-refractivity contribution in [2.75, 3.05) is 52.9 Å². The predicted molar refractivity (Wildman–Crippen MR) is 165 cm³/mol. The fraction of sp³-hybridized carbons (Fsp3) is 0.333. The Morgan fingerprint density at radius 2 is 1.60 bits per heavy atom. The van der Waals surface area contributed by atoms with Crippen molar-refractivity contribution in [2.24, 2.45) is 0 Å². The van der Waals surface area contributed by atoms with Gasteiger partial charge in [0.05, 0.1) is 14.2 Å². The third kappa shape index (κ3) is 8.27. The highest BCUT2D eigenvalue weighted by atomic mass is 16.5. The predicted octanol–water partition coefficient (Wildman–Crippen LogP) is 5.64. The smallest absolute Gasteiger partial charge is 0.322 e. The molecule has 222 valence electrons. The van der Waals surface area contributed by atoms with E-state index >= 15 is 0 Å². The van der Waals surface area contributed by atoms with Crippen LogP contribution >= 0.6 is 0 Å². The van der Waals surface area contributed by atoms with Gasteiger partial charge in [-0.2, -0.15) is 0 Å². The summed E-state index contributed by atoms with van der Waals surface area (Å²) in [6.45, 7) is 3.75. The molecule has 0 radical (unpaired) electrons. The van der Waals surface area contributed by atoms with E-state index in [-0.39, 0.29) is 18.5 Å². The standard InChI is InChI=1S/C33H40N4O5/c1-24-10-12-25(13-11-24)22-36(16-14-26-21-34-31-9-6-5-8-30(26)31)32(38)23-37(15-7-17-40-2)33(39)35-27-18-28(41-3)20-29(19-27)42-4/h5-6,8-13,18-21,34H,7,14-17,22-23H2,1-4H3,(H,35,39). The second kappa shape index (κ2) is 14.9. The van der Waals surface area contributed by atoms with Crippen LogP contribution in [0.25, 0.3) is 10.9 Å². The first-order chi connectivity index (χ1) is 20.4. The minimum Gasteiger partial charge on any atom is -0.497 e.